The smallest absolute Gasteiger partial charge is 0.150 e. The summed E-state index contributed by atoms with van der Waals surface area (Å²) in [6, 6.07) is 0. The van der Waals surface area contributed by atoms with Crippen LogP contribution in [0.25, 0.3) is 0 Å². The molecule has 0 aromatic heterocycles. The number of carbonyl (C=O) groups is 1. The third-order valence-corrected chi connectivity index (χ3v) is 10.6. The van der Waals surface area contributed by atoms with Crippen molar-refractivity contribution >= 4 is 5.78 Å². The van der Waals surface area contributed by atoms with E-state index < -0.39 is 0 Å². The van der Waals surface area contributed by atoms with Gasteiger partial charge in [-0.05, 0) is 92.3 Å². The SMILES string of the molecule is C[C@]12CC[C@H]3[C@@H](CCC4CC(O)CC[C@@]43C)[C@@H]1CC[C@@H]2C(=O)CN1CCNCC1. The van der Waals surface area contributed by atoms with Crippen LogP contribution in [0.4, 0.5) is 0 Å². The predicted molar refractivity (Wildman–Crippen MR) is 116 cm³/mol. The Morgan fingerprint density at radius 1 is 0.966 bits per heavy atom. The molecule has 4 heteroatoms. The Morgan fingerprint density at radius 2 is 1.69 bits per heavy atom. The van der Waals surface area contributed by atoms with E-state index in [0.717, 1.165) is 69.1 Å². The van der Waals surface area contributed by atoms with Gasteiger partial charge in [0.2, 0.25) is 0 Å². The van der Waals surface area contributed by atoms with E-state index in [2.05, 4.69) is 24.1 Å². The Kier molecular flexibility index (Phi) is 5.36. The standard InChI is InChI=1S/C25H42N2O2/c1-24-9-7-18(28)15-17(24)3-4-19-20-5-6-22(25(20,2)10-8-21(19)24)23(29)16-27-13-11-26-12-14-27/h17-22,26,28H,3-16H2,1-2H3/t17?,18?,19-,20-,21-,22+,24-,25-/m0/s1. The van der Waals surface area contributed by atoms with Crippen LogP contribution in [-0.4, -0.2) is 54.6 Å². The molecule has 1 aliphatic heterocycles. The molecule has 0 bridgehead atoms. The lowest BCUT2D eigenvalue weighted by atomic mass is 9.44. The van der Waals surface area contributed by atoms with Gasteiger partial charge in [0.15, 0.2) is 0 Å². The average Bonchev–Trinajstić information content (AvgIpc) is 3.06. The van der Waals surface area contributed by atoms with Gasteiger partial charge in [-0.2, -0.15) is 0 Å². The molecule has 8 atom stereocenters. The van der Waals surface area contributed by atoms with Gasteiger partial charge in [-0.1, -0.05) is 13.8 Å². The van der Waals surface area contributed by atoms with Crippen LogP contribution in [-0.2, 0) is 4.79 Å². The minimum absolute atomic E-state index is 0.0584. The zero-order valence-corrected chi connectivity index (χ0v) is 18.7. The summed E-state index contributed by atoms with van der Waals surface area (Å²) < 4.78 is 0. The van der Waals surface area contributed by atoms with Crippen molar-refractivity contribution in [2.75, 3.05) is 32.7 Å². The van der Waals surface area contributed by atoms with E-state index >= 15 is 0 Å². The number of fused-ring (bicyclic) bond motifs is 5. The molecule has 4 aliphatic carbocycles. The van der Waals surface area contributed by atoms with Crippen molar-refractivity contribution in [1.29, 1.82) is 0 Å². The van der Waals surface area contributed by atoms with Crippen LogP contribution in [0, 0.1) is 40.4 Å². The van der Waals surface area contributed by atoms with Gasteiger partial charge in [-0.25, -0.2) is 0 Å². The van der Waals surface area contributed by atoms with Crippen molar-refractivity contribution < 1.29 is 9.90 Å². The highest BCUT2D eigenvalue weighted by atomic mass is 16.3. The normalized spacial score (nSPS) is 50.4. The maximum atomic E-state index is 13.4. The molecule has 5 aliphatic rings. The Hall–Kier alpha value is -0.450. The Morgan fingerprint density at radius 3 is 2.48 bits per heavy atom. The molecular weight excluding hydrogens is 360 g/mol. The van der Waals surface area contributed by atoms with Crippen LogP contribution in [0.5, 0.6) is 0 Å². The van der Waals surface area contributed by atoms with Crippen molar-refractivity contribution in [2.45, 2.75) is 77.7 Å². The molecule has 5 fully saturated rings. The summed E-state index contributed by atoms with van der Waals surface area (Å²) >= 11 is 0. The second-order valence-electron chi connectivity index (χ2n) is 11.8. The summed E-state index contributed by atoms with van der Waals surface area (Å²) in [4.78, 5) is 15.7. The van der Waals surface area contributed by atoms with E-state index in [1.807, 2.05) is 0 Å². The van der Waals surface area contributed by atoms with E-state index in [9.17, 15) is 9.90 Å². The van der Waals surface area contributed by atoms with Crippen LogP contribution >= 0.6 is 0 Å². The second-order valence-corrected chi connectivity index (χ2v) is 11.8. The Bertz CT molecular complexity index is 632. The van der Waals surface area contributed by atoms with Gasteiger partial charge in [0.25, 0.3) is 0 Å². The number of nitrogens with one attached hydrogen (secondary N) is 1. The van der Waals surface area contributed by atoms with Gasteiger partial charge in [-0.3, -0.25) is 9.69 Å². The molecule has 0 aromatic carbocycles. The molecular formula is C25H42N2O2. The minimum atomic E-state index is -0.0584. The van der Waals surface area contributed by atoms with E-state index in [4.69, 9.17) is 0 Å². The van der Waals surface area contributed by atoms with Crippen molar-refractivity contribution in [2.24, 2.45) is 40.4 Å². The maximum absolute atomic E-state index is 13.4. The van der Waals surface area contributed by atoms with Crippen LogP contribution in [0.1, 0.15) is 71.6 Å². The lowest BCUT2D eigenvalue weighted by Crippen LogP contribution is -2.54. The monoisotopic (exact) mass is 402 g/mol. The first-order valence-electron chi connectivity index (χ1n) is 12.6. The molecule has 4 saturated carbocycles. The number of aliphatic hydroxyl groups excluding tert-OH is 1. The fourth-order valence-corrected chi connectivity index (χ4v) is 8.96. The fourth-order valence-electron chi connectivity index (χ4n) is 8.96. The molecule has 2 N–H and O–H groups in total. The minimum Gasteiger partial charge on any atom is -0.393 e. The van der Waals surface area contributed by atoms with Crippen LogP contribution in [0.2, 0.25) is 0 Å². The highest BCUT2D eigenvalue weighted by Gasteiger charge is 2.61. The van der Waals surface area contributed by atoms with Crippen molar-refractivity contribution in [3.63, 3.8) is 0 Å². The van der Waals surface area contributed by atoms with E-state index in [-0.39, 0.29) is 11.5 Å². The van der Waals surface area contributed by atoms with E-state index in [0.29, 0.717) is 23.7 Å². The number of ketones is 1. The van der Waals surface area contributed by atoms with Crippen molar-refractivity contribution in [1.82, 2.24) is 10.2 Å². The number of rotatable bonds is 3. The number of Topliss-reactive ketones (excluding diaryl/α,β-unsaturated/α-hetero) is 1. The molecule has 1 heterocycles. The Labute approximate surface area is 177 Å². The van der Waals surface area contributed by atoms with Gasteiger partial charge in [-0.15, -0.1) is 0 Å². The molecule has 5 rings (SSSR count). The number of nitrogens with zero attached hydrogens (tertiary/aromatic N) is 1. The summed E-state index contributed by atoms with van der Waals surface area (Å²) in [5.41, 5.74) is 0.677. The van der Waals surface area contributed by atoms with Crippen molar-refractivity contribution in [3.05, 3.63) is 0 Å². The lowest BCUT2D eigenvalue weighted by molar-refractivity contribution is -0.140. The summed E-state index contributed by atoms with van der Waals surface area (Å²) in [6.45, 7) is 9.82. The highest BCUT2D eigenvalue weighted by molar-refractivity contribution is 5.84. The van der Waals surface area contributed by atoms with Crippen molar-refractivity contribution in [3.8, 4) is 0 Å². The number of hydrogen-bond donors (Lipinski definition) is 2. The summed E-state index contributed by atoms with van der Waals surface area (Å²) in [7, 11) is 0. The maximum Gasteiger partial charge on any atom is 0.150 e. The van der Waals surface area contributed by atoms with E-state index in [1.54, 1.807) is 0 Å². The van der Waals surface area contributed by atoms with Gasteiger partial charge < -0.3 is 10.4 Å². The summed E-state index contributed by atoms with van der Waals surface area (Å²) in [5, 5.41) is 13.6. The Balaban J connectivity index is 1.31. The lowest BCUT2D eigenvalue weighted by Gasteiger charge is -2.60. The first kappa shape index (κ1) is 20.5. The zero-order valence-electron chi connectivity index (χ0n) is 18.7. The molecule has 0 radical (unpaired) electrons. The largest absolute Gasteiger partial charge is 0.393 e. The summed E-state index contributed by atoms with van der Waals surface area (Å²) in [6.07, 6.45) is 10.8. The molecule has 2 unspecified atom stereocenters. The van der Waals surface area contributed by atoms with Gasteiger partial charge in [0.05, 0.1) is 12.6 Å². The average molecular weight is 403 g/mol. The quantitative estimate of drug-likeness (QED) is 0.759. The molecule has 1 saturated heterocycles. The first-order valence-corrected chi connectivity index (χ1v) is 12.6. The zero-order chi connectivity index (χ0) is 20.2. The predicted octanol–water partition coefficient (Wildman–Crippen LogP) is 3.48. The number of carbonyl (C=O) groups excluding carboxylic acids is 1. The van der Waals surface area contributed by atoms with Crippen LogP contribution in [0.15, 0.2) is 0 Å². The second kappa shape index (κ2) is 7.60. The highest BCUT2D eigenvalue weighted by Crippen LogP contribution is 2.67. The van der Waals surface area contributed by atoms with Gasteiger partial charge >= 0.3 is 0 Å². The molecule has 4 nitrogen and oxygen atoms in total. The number of piperazine rings is 1. The van der Waals surface area contributed by atoms with Gasteiger partial charge in [0.1, 0.15) is 5.78 Å². The van der Waals surface area contributed by atoms with Crippen LogP contribution in [0.3, 0.4) is 0 Å². The number of aliphatic hydroxyl groups is 1. The molecule has 0 spiro atoms. The first-order chi connectivity index (χ1) is 13.9. The van der Waals surface area contributed by atoms with Crippen LogP contribution < -0.4 is 5.32 Å². The molecule has 0 amide bonds. The molecule has 164 valence electrons. The molecule has 29 heavy (non-hydrogen) atoms. The third kappa shape index (κ3) is 3.32. The topological polar surface area (TPSA) is 52.6 Å². The molecule has 0 aromatic rings. The van der Waals surface area contributed by atoms with Gasteiger partial charge in [0, 0.05) is 32.1 Å². The number of hydrogen-bond acceptors (Lipinski definition) is 4. The third-order valence-electron chi connectivity index (χ3n) is 10.6. The summed E-state index contributed by atoms with van der Waals surface area (Å²) in [5.74, 6) is 3.96. The fraction of sp³-hybridized carbons (Fsp3) is 0.960. The van der Waals surface area contributed by atoms with E-state index in [1.165, 1.54) is 38.5 Å².